The summed E-state index contributed by atoms with van der Waals surface area (Å²) < 4.78 is 12.8. The Labute approximate surface area is 218 Å². The summed E-state index contributed by atoms with van der Waals surface area (Å²) in [5.74, 6) is 2.48. The predicted molar refractivity (Wildman–Crippen MR) is 139 cm³/mol. The van der Waals surface area contributed by atoms with E-state index >= 15 is 0 Å². The van der Waals surface area contributed by atoms with E-state index in [4.69, 9.17) is 9.47 Å². The summed E-state index contributed by atoms with van der Waals surface area (Å²) in [5.41, 5.74) is -0.221. The summed E-state index contributed by atoms with van der Waals surface area (Å²) in [6.07, 6.45) is 7.48. The minimum atomic E-state index is -0.982. The van der Waals surface area contributed by atoms with Gasteiger partial charge in [0.25, 0.3) is 0 Å². The van der Waals surface area contributed by atoms with E-state index in [1.54, 1.807) is 0 Å². The fourth-order valence-corrected chi connectivity index (χ4v) is 12.2. The Kier molecular flexibility index (Phi) is 5.74. The highest BCUT2D eigenvalue weighted by Crippen LogP contribution is 2.89. The average Bonchev–Trinajstić information content (AvgIpc) is 3.25. The Morgan fingerprint density at radius 2 is 1.64 bits per heavy atom. The molecule has 6 fully saturated rings. The lowest BCUT2D eigenvalue weighted by atomic mass is 9.46. The van der Waals surface area contributed by atoms with Gasteiger partial charge in [-0.25, -0.2) is 0 Å². The van der Waals surface area contributed by atoms with Crippen molar-refractivity contribution in [2.24, 2.45) is 51.2 Å². The van der Waals surface area contributed by atoms with Gasteiger partial charge in [0.05, 0.1) is 30.0 Å². The second kappa shape index (κ2) is 7.93. The number of ether oxygens (including phenoxy) is 2. The number of hydrogen-bond acceptors (Lipinski definition) is 5. The van der Waals surface area contributed by atoms with Crippen LogP contribution in [-0.2, 0) is 9.47 Å². The van der Waals surface area contributed by atoms with E-state index in [9.17, 15) is 15.3 Å². The smallest absolute Gasteiger partial charge is 0.112 e. The molecule has 6 rings (SSSR count). The molecule has 1 aliphatic heterocycles. The zero-order chi connectivity index (χ0) is 26.1. The number of rotatable bonds is 4. The Bertz CT molecular complexity index is 881. The third kappa shape index (κ3) is 2.96. The fourth-order valence-electron chi connectivity index (χ4n) is 12.2. The minimum absolute atomic E-state index is 0.0221. The molecule has 5 aliphatic carbocycles. The van der Waals surface area contributed by atoms with Crippen LogP contribution in [0.4, 0.5) is 0 Å². The van der Waals surface area contributed by atoms with E-state index in [2.05, 4.69) is 27.7 Å². The molecule has 5 heteroatoms. The zero-order valence-corrected chi connectivity index (χ0v) is 23.8. The lowest BCUT2D eigenvalue weighted by Gasteiger charge is -2.59. The molecule has 36 heavy (non-hydrogen) atoms. The summed E-state index contributed by atoms with van der Waals surface area (Å²) in [5, 5.41) is 33.8. The molecule has 0 amide bonds. The van der Waals surface area contributed by atoms with Crippen molar-refractivity contribution in [2.75, 3.05) is 6.61 Å². The maximum absolute atomic E-state index is 12.0. The van der Waals surface area contributed by atoms with Crippen LogP contribution in [0.3, 0.4) is 0 Å². The van der Waals surface area contributed by atoms with Crippen molar-refractivity contribution in [3.05, 3.63) is 0 Å². The summed E-state index contributed by atoms with van der Waals surface area (Å²) >= 11 is 0. The van der Waals surface area contributed by atoms with Gasteiger partial charge in [0.15, 0.2) is 0 Å². The van der Waals surface area contributed by atoms with E-state index in [-0.39, 0.29) is 41.2 Å². The Morgan fingerprint density at radius 1 is 0.944 bits per heavy atom. The number of aliphatic hydroxyl groups excluding tert-OH is 2. The molecule has 206 valence electrons. The van der Waals surface area contributed by atoms with Crippen LogP contribution in [0, 0.1) is 51.2 Å². The summed E-state index contributed by atoms with van der Waals surface area (Å²) in [6.45, 7) is 15.8. The van der Waals surface area contributed by atoms with Crippen LogP contribution >= 0.6 is 0 Å². The maximum atomic E-state index is 12.0. The van der Waals surface area contributed by atoms with E-state index in [1.165, 1.54) is 25.7 Å². The van der Waals surface area contributed by atoms with Crippen molar-refractivity contribution < 1.29 is 24.8 Å². The maximum Gasteiger partial charge on any atom is 0.112 e. The summed E-state index contributed by atoms with van der Waals surface area (Å²) in [7, 11) is 0. The van der Waals surface area contributed by atoms with Gasteiger partial charge in [-0.1, -0.05) is 27.7 Å². The molecular formula is C31H52O5. The minimum Gasteiger partial charge on any atom is -0.393 e. The molecule has 13 atom stereocenters. The van der Waals surface area contributed by atoms with Crippen LogP contribution in [0.15, 0.2) is 0 Å². The molecule has 4 unspecified atom stereocenters. The van der Waals surface area contributed by atoms with E-state index in [0.29, 0.717) is 41.1 Å². The zero-order valence-electron chi connectivity index (χ0n) is 23.8. The number of hydrogen-bond donors (Lipinski definition) is 3. The normalized spacial score (nSPS) is 56.0. The molecule has 0 bridgehead atoms. The van der Waals surface area contributed by atoms with Crippen LogP contribution in [-0.4, -0.2) is 58.0 Å². The average molecular weight is 505 g/mol. The first-order valence-corrected chi connectivity index (χ1v) is 15.1. The van der Waals surface area contributed by atoms with Gasteiger partial charge < -0.3 is 24.8 Å². The highest BCUT2D eigenvalue weighted by atomic mass is 16.6. The van der Waals surface area contributed by atoms with E-state index < -0.39 is 11.7 Å². The van der Waals surface area contributed by atoms with Gasteiger partial charge in [-0.2, -0.15) is 0 Å². The van der Waals surface area contributed by atoms with Gasteiger partial charge in [-0.15, -0.1) is 0 Å². The van der Waals surface area contributed by atoms with Crippen molar-refractivity contribution in [1.82, 2.24) is 0 Å². The Morgan fingerprint density at radius 3 is 2.31 bits per heavy atom. The van der Waals surface area contributed by atoms with Crippen molar-refractivity contribution >= 4 is 0 Å². The van der Waals surface area contributed by atoms with Gasteiger partial charge in [0, 0.05) is 6.61 Å². The molecule has 0 aromatic heterocycles. The van der Waals surface area contributed by atoms with Crippen LogP contribution in [0.5, 0.6) is 0 Å². The molecule has 0 radical (unpaired) electrons. The van der Waals surface area contributed by atoms with Crippen LogP contribution in [0.1, 0.15) is 99.8 Å². The third-order valence-electron chi connectivity index (χ3n) is 13.7. The molecule has 2 spiro atoms. The van der Waals surface area contributed by atoms with Crippen LogP contribution in [0.25, 0.3) is 0 Å². The summed E-state index contributed by atoms with van der Waals surface area (Å²) in [4.78, 5) is 0. The topological polar surface area (TPSA) is 79.2 Å². The lowest BCUT2D eigenvalue weighted by molar-refractivity contribution is -0.204. The molecule has 0 aromatic carbocycles. The van der Waals surface area contributed by atoms with Crippen molar-refractivity contribution in [2.45, 2.75) is 136 Å². The third-order valence-corrected chi connectivity index (χ3v) is 13.7. The van der Waals surface area contributed by atoms with Crippen molar-refractivity contribution in [1.29, 1.82) is 0 Å². The molecule has 5 saturated carbocycles. The lowest BCUT2D eigenvalue weighted by Crippen LogP contribution is -2.55. The fraction of sp³-hybridized carbons (Fsp3) is 1.00. The van der Waals surface area contributed by atoms with Crippen LogP contribution in [0.2, 0.25) is 0 Å². The van der Waals surface area contributed by atoms with Gasteiger partial charge in [0.2, 0.25) is 0 Å². The second-order valence-electron chi connectivity index (χ2n) is 15.3. The first-order chi connectivity index (χ1) is 16.8. The molecule has 0 aromatic rings. The predicted octanol–water partition coefficient (Wildman–Crippen LogP) is 4.95. The first kappa shape index (κ1) is 26.0. The highest BCUT2D eigenvalue weighted by Gasteiger charge is 2.85. The van der Waals surface area contributed by atoms with Gasteiger partial charge >= 0.3 is 0 Å². The summed E-state index contributed by atoms with van der Waals surface area (Å²) in [6, 6.07) is 0. The molecule has 1 heterocycles. The largest absolute Gasteiger partial charge is 0.393 e. The Hall–Kier alpha value is -0.200. The van der Waals surface area contributed by atoms with E-state index in [0.717, 1.165) is 25.7 Å². The molecule has 5 nitrogen and oxygen atoms in total. The molecule has 3 N–H and O–H groups in total. The standard InChI is InChI=1S/C31H52O5/c1-8-35-26(28(5,6)34)20-11-9-19-25(36-20)24(33)23-18-10-12-21-27(3,4)22(32)13-14-31(21)17(2)30(18,31)16-15-29(19,23)7/h17-26,32-34H,8-16H2,1-7H3/t17-,18-,19?,20+,21?,22-,23?,24+,25-,26-,29+,30-,31?/m0/s1. The molecule has 1 saturated heterocycles. The van der Waals surface area contributed by atoms with E-state index in [1.807, 2.05) is 20.8 Å². The second-order valence-corrected chi connectivity index (χ2v) is 15.3. The number of fused-ring (bicyclic) bond motifs is 4. The Balaban J connectivity index is 1.31. The van der Waals surface area contributed by atoms with Gasteiger partial charge in [0.1, 0.15) is 6.10 Å². The highest BCUT2D eigenvalue weighted by molar-refractivity contribution is 5.33. The SMILES string of the molecule is CCO[C@@H]([C@H]1CCC2[C@H](O1)[C@H](O)C1[C@@H]3CCC4C(C)(C)[C@@H](O)CCC45[C@@H](C)[C@@]35CC[C@]21C)C(C)(C)O. The van der Waals surface area contributed by atoms with Crippen LogP contribution < -0.4 is 0 Å². The quantitative estimate of drug-likeness (QED) is 0.505. The van der Waals surface area contributed by atoms with Gasteiger partial charge in [-0.05, 0) is 123 Å². The molecular weight excluding hydrogens is 452 g/mol. The molecule has 6 aliphatic rings. The van der Waals surface area contributed by atoms with Crippen molar-refractivity contribution in [3.63, 3.8) is 0 Å². The first-order valence-electron chi connectivity index (χ1n) is 15.1. The number of aliphatic hydroxyl groups is 3. The van der Waals surface area contributed by atoms with Gasteiger partial charge in [-0.3, -0.25) is 0 Å². The monoisotopic (exact) mass is 504 g/mol. The van der Waals surface area contributed by atoms with Crippen molar-refractivity contribution in [3.8, 4) is 0 Å².